The number of rotatable bonds is 6. The number of carbonyl (C=O) groups excluding carboxylic acids is 2. The van der Waals surface area contributed by atoms with Gasteiger partial charge in [-0.2, -0.15) is 0 Å². The minimum absolute atomic E-state index is 0.0675. The maximum absolute atomic E-state index is 12.7. The van der Waals surface area contributed by atoms with Crippen molar-refractivity contribution in [3.05, 3.63) is 30.1 Å². The summed E-state index contributed by atoms with van der Waals surface area (Å²) < 4.78 is 22.7. The monoisotopic (exact) mass is 279 g/mol. The third-order valence-corrected chi connectivity index (χ3v) is 2.19. The van der Waals surface area contributed by atoms with E-state index in [-0.39, 0.29) is 6.54 Å². The van der Waals surface area contributed by atoms with Gasteiger partial charge in [0.25, 0.3) is 5.91 Å². The van der Waals surface area contributed by atoms with Gasteiger partial charge < -0.3 is 14.8 Å². The van der Waals surface area contributed by atoms with Gasteiger partial charge in [0.15, 0.2) is 12.7 Å². The van der Waals surface area contributed by atoms with Gasteiger partial charge in [0.2, 0.25) is 0 Å². The van der Waals surface area contributed by atoms with Gasteiger partial charge in [-0.05, 0) is 31.2 Å². The van der Waals surface area contributed by atoms with Crippen LogP contribution >= 0.6 is 0 Å². The third kappa shape index (κ3) is 5.40. The van der Waals surface area contributed by atoms with Gasteiger partial charge in [-0.1, -0.05) is 5.92 Å². The Morgan fingerprint density at radius 2 is 2.05 bits per heavy atom. The topological polar surface area (TPSA) is 64.6 Å². The zero-order chi connectivity index (χ0) is 15.0. The molecule has 0 spiro atoms. The molecule has 1 amide bonds. The number of hydrogen-bond acceptors (Lipinski definition) is 4. The molecule has 5 nitrogen and oxygen atoms in total. The summed E-state index contributed by atoms with van der Waals surface area (Å²) in [5.41, 5.74) is 0. The molecule has 0 aliphatic carbocycles. The van der Waals surface area contributed by atoms with Crippen molar-refractivity contribution < 1.29 is 23.5 Å². The van der Waals surface area contributed by atoms with Gasteiger partial charge in [-0.15, -0.1) is 6.42 Å². The molecule has 0 saturated heterocycles. The van der Waals surface area contributed by atoms with E-state index in [1.165, 1.54) is 31.2 Å². The molecule has 0 bridgehead atoms. The third-order valence-electron chi connectivity index (χ3n) is 2.19. The number of halogens is 1. The predicted molar refractivity (Wildman–Crippen MR) is 69.3 cm³/mol. The molecular formula is C14H14FNO4. The number of benzene rings is 1. The van der Waals surface area contributed by atoms with Crippen molar-refractivity contribution in [1.82, 2.24) is 5.32 Å². The molecule has 1 aromatic carbocycles. The lowest BCUT2D eigenvalue weighted by Crippen LogP contribution is -2.33. The minimum Gasteiger partial charge on any atom is -0.479 e. The Morgan fingerprint density at radius 3 is 2.65 bits per heavy atom. The van der Waals surface area contributed by atoms with Crippen molar-refractivity contribution in [3.63, 3.8) is 0 Å². The molecule has 0 heterocycles. The molecular weight excluding hydrogens is 265 g/mol. The van der Waals surface area contributed by atoms with Crippen molar-refractivity contribution in [1.29, 1.82) is 0 Å². The molecule has 1 aromatic rings. The van der Waals surface area contributed by atoms with Crippen molar-refractivity contribution in [2.75, 3.05) is 13.2 Å². The normalized spacial score (nSPS) is 11.1. The van der Waals surface area contributed by atoms with Crippen LogP contribution in [0.3, 0.4) is 0 Å². The molecule has 0 radical (unpaired) electrons. The van der Waals surface area contributed by atoms with E-state index in [0.717, 1.165) is 0 Å². The summed E-state index contributed by atoms with van der Waals surface area (Å²) in [4.78, 5) is 22.7. The molecule has 0 aromatic heterocycles. The minimum atomic E-state index is -0.916. The second-order valence-corrected chi connectivity index (χ2v) is 3.80. The lowest BCUT2D eigenvalue weighted by atomic mass is 10.3. The molecule has 6 heteroatoms. The summed E-state index contributed by atoms with van der Waals surface area (Å²) in [6.07, 6.45) is 4.04. The highest BCUT2D eigenvalue weighted by atomic mass is 19.1. The van der Waals surface area contributed by atoms with Crippen LogP contribution in [0.2, 0.25) is 0 Å². The van der Waals surface area contributed by atoms with Gasteiger partial charge in [0, 0.05) is 0 Å². The zero-order valence-corrected chi connectivity index (χ0v) is 10.9. The van der Waals surface area contributed by atoms with E-state index >= 15 is 0 Å². The van der Waals surface area contributed by atoms with Crippen LogP contribution in [0.1, 0.15) is 6.92 Å². The van der Waals surface area contributed by atoms with Gasteiger partial charge in [-0.25, -0.2) is 9.18 Å². The Hall–Kier alpha value is -2.55. The molecule has 0 fully saturated rings. The molecule has 1 rings (SSSR count). The molecule has 0 aliphatic heterocycles. The number of hydrogen-bond donors (Lipinski definition) is 1. The number of carbonyl (C=O) groups is 2. The molecule has 1 N–H and O–H groups in total. The van der Waals surface area contributed by atoms with Crippen LogP contribution in [0.15, 0.2) is 24.3 Å². The number of ether oxygens (including phenoxy) is 2. The second-order valence-electron chi connectivity index (χ2n) is 3.80. The fraction of sp³-hybridized carbons (Fsp3) is 0.286. The number of esters is 1. The second kappa shape index (κ2) is 7.79. The van der Waals surface area contributed by atoms with Crippen molar-refractivity contribution >= 4 is 11.9 Å². The smallest absolute Gasteiger partial charge is 0.347 e. The fourth-order valence-electron chi connectivity index (χ4n) is 1.22. The van der Waals surface area contributed by atoms with E-state index in [1.807, 2.05) is 0 Å². The number of nitrogens with one attached hydrogen (secondary N) is 1. The number of terminal acetylenes is 1. The van der Waals surface area contributed by atoms with E-state index in [4.69, 9.17) is 15.9 Å². The van der Waals surface area contributed by atoms with Crippen LogP contribution in [0.5, 0.6) is 5.75 Å². The van der Waals surface area contributed by atoms with Crippen LogP contribution < -0.4 is 10.1 Å². The summed E-state index contributed by atoms with van der Waals surface area (Å²) in [5.74, 6) is 0.941. The number of amides is 1. The van der Waals surface area contributed by atoms with Crippen LogP contribution in [-0.2, 0) is 14.3 Å². The fourth-order valence-corrected chi connectivity index (χ4v) is 1.22. The Bertz CT molecular complexity index is 507. The molecule has 106 valence electrons. The molecule has 20 heavy (non-hydrogen) atoms. The molecule has 1 atom stereocenters. The van der Waals surface area contributed by atoms with Crippen molar-refractivity contribution in [2.45, 2.75) is 13.0 Å². The quantitative estimate of drug-likeness (QED) is 0.620. The average molecular weight is 279 g/mol. The van der Waals surface area contributed by atoms with Gasteiger partial charge >= 0.3 is 5.97 Å². The maximum Gasteiger partial charge on any atom is 0.347 e. The summed E-state index contributed by atoms with van der Waals surface area (Å²) in [6, 6.07) is 5.19. The lowest BCUT2D eigenvalue weighted by Gasteiger charge is -2.13. The zero-order valence-electron chi connectivity index (χ0n) is 10.9. The Labute approximate surface area is 116 Å². The van der Waals surface area contributed by atoms with E-state index in [1.54, 1.807) is 0 Å². The van der Waals surface area contributed by atoms with Gasteiger partial charge in [-0.3, -0.25) is 4.79 Å². The summed E-state index contributed by atoms with van der Waals surface area (Å²) in [7, 11) is 0. The average Bonchev–Trinajstić information content (AvgIpc) is 2.44. The lowest BCUT2D eigenvalue weighted by molar-refractivity contribution is -0.154. The van der Waals surface area contributed by atoms with Crippen LogP contribution in [0, 0.1) is 18.2 Å². The predicted octanol–water partition coefficient (Wildman–Crippen LogP) is 0.886. The molecule has 0 saturated carbocycles. The Kier molecular flexibility index (Phi) is 6.04. The first kappa shape index (κ1) is 15.5. The first-order chi connectivity index (χ1) is 9.52. The summed E-state index contributed by atoms with van der Waals surface area (Å²) in [5, 5.41) is 2.35. The van der Waals surface area contributed by atoms with E-state index < -0.39 is 30.4 Å². The SMILES string of the molecule is C#CCNC(=O)COC(=O)[C@@H](C)Oc1ccc(F)cc1. The van der Waals surface area contributed by atoms with E-state index in [2.05, 4.69) is 11.2 Å². The van der Waals surface area contributed by atoms with Crippen LogP contribution in [0.25, 0.3) is 0 Å². The summed E-state index contributed by atoms with van der Waals surface area (Å²) >= 11 is 0. The summed E-state index contributed by atoms with van der Waals surface area (Å²) in [6.45, 7) is 1.10. The Balaban J connectivity index is 2.37. The van der Waals surface area contributed by atoms with Gasteiger partial charge in [0.05, 0.1) is 6.54 Å². The maximum atomic E-state index is 12.7. The van der Waals surface area contributed by atoms with Crippen molar-refractivity contribution in [2.24, 2.45) is 0 Å². The standard InChI is InChI=1S/C14H14FNO4/c1-3-8-16-13(17)9-19-14(18)10(2)20-12-6-4-11(15)5-7-12/h1,4-7,10H,8-9H2,2H3,(H,16,17)/t10-/m1/s1. The van der Waals surface area contributed by atoms with E-state index in [0.29, 0.717) is 5.75 Å². The highest BCUT2D eigenvalue weighted by Gasteiger charge is 2.17. The molecule has 0 aliphatic rings. The largest absolute Gasteiger partial charge is 0.479 e. The first-order valence-electron chi connectivity index (χ1n) is 5.82. The van der Waals surface area contributed by atoms with Gasteiger partial charge in [0.1, 0.15) is 11.6 Å². The Morgan fingerprint density at radius 1 is 1.40 bits per heavy atom. The first-order valence-corrected chi connectivity index (χ1v) is 5.82. The van der Waals surface area contributed by atoms with Crippen LogP contribution in [-0.4, -0.2) is 31.1 Å². The van der Waals surface area contributed by atoms with E-state index in [9.17, 15) is 14.0 Å². The molecule has 0 unspecified atom stereocenters. The highest BCUT2D eigenvalue weighted by molar-refractivity contribution is 5.82. The van der Waals surface area contributed by atoms with Crippen LogP contribution in [0.4, 0.5) is 4.39 Å². The highest BCUT2D eigenvalue weighted by Crippen LogP contribution is 2.13. The van der Waals surface area contributed by atoms with Crippen molar-refractivity contribution in [3.8, 4) is 18.1 Å².